The first-order valence-corrected chi connectivity index (χ1v) is 10.6. The van der Waals surface area contributed by atoms with Crippen LogP contribution in [0.5, 0.6) is 11.5 Å². The molecule has 0 unspecified atom stereocenters. The van der Waals surface area contributed by atoms with Crippen LogP contribution < -0.4 is 14.8 Å². The van der Waals surface area contributed by atoms with E-state index in [9.17, 15) is 19.7 Å². The number of benzene rings is 2. The molecule has 0 saturated heterocycles. The van der Waals surface area contributed by atoms with Crippen molar-refractivity contribution in [3.63, 3.8) is 0 Å². The van der Waals surface area contributed by atoms with E-state index in [1.54, 1.807) is 24.4 Å². The number of nitro groups is 1. The van der Waals surface area contributed by atoms with Gasteiger partial charge in [-0.25, -0.2) is 4.79 Å². The normalized spacial score (nSPS) is 14.5. The fraction of sp³-hybridized carbons (Fsp3) is 0.182. The summed E-state index contributed by atoms with van der Waals surface area (Å²) in [4.78, 5) is 35.7. The summed E-state index contributed by atoms with van der Waals surface area (Å²) >= 11 is 1.16. The van der Waals surface area contributed by atoms with Gasteiger partial charge in [0, 0.05) is 28.6 Å². The molecule has 0 radical (unpaired) electrons. The van der Waals surface area contributed by atoms with Gasteiger partial charge in [-0.15, -0.1) is 11.3 Å². The van der Waals surface area contributed by atoms with Crippen molar-refractivity contribution in [1.29, 1.82) is 0 Å². The molecular formula is C22H18N2O7S. The van der Waals surface area contributed by atoms with Crippen LogP contribution in [0.4, 0.5) is 10.7 Å². The van der Waals surface area contributed by atoms with Gasteiger partial charge in [-0.3, -0.25) is 14.9 Å². The number of anilines is 1. The molecule has 1 aliphatic heterocycles. The molecule has 1 amide bonds. The number of nitrogens with one attached hydrogen (secondary N) is 1. The van der Waals surface area contributed by atoms with Crippen LogP contribution in [-0.4, -0.2) is 30.0 Å². The number of para-hydroxylation sites is 2. The van der Waals surface area contributed by atoms with Crippen molar-refractivity contribution in [2.75, 3.05) is 18.5 Å². The number of nitrogens with zero attached hydrogens (tertiary/aromatic N) is 1. The molecule has 2 heterocycles. The minimum absolute atomic E-state index is 0.123. The number of nitro benzene ring substituents is 1. The number of carbonyl (C=O) groups excluding carboxylic acids is 2. The van der Waals surface area contributed by atoms with E-state index in [1.165, 1.54) is 24.3 Å². The van der Waals surface area contributed by atoms with Crippen LogP contribution >= 0.6 is 11.3 Å². The molecular weight excluding hydrogens is 436 g/mol. The van der Waals surface area contributed by atoms with Crippen molar-refractivity contribution < 1.29 is 28.7 Å². The zero-order valence-corrected chi connectivity index (χ0v) is 17.7. The number of rotatable bonds is 6. The third kappa shape index (κ3) is 4.26. The Balaban J connectivity index is 1.61. The molecule has 1 N–H and O–H groups in total. The number of non-ortho nitro benzene ring substituents is 1. The molecule has 0 fully saturated rings. The number of hydrogen-bond acceptors (Lipinski definition) is 8. The summed E-state index contributed by atoms with van der Waals surface area (Å²) in [6.07, 6.45) is -0.564. The standard InChI is InChI=1S/C22H18N2O7S/c1-2-29-22(26)19-15(18-11-30-16-5-3-4-6-17(16)31-18)12-32-21(19)23-20(25)13-7-9-14(10-8-13)24(27)28/h3-10,12,18H,2,11H2,1H3,(H,23,25)/t18-/m1/s1. The fourth-order valence-electron chi connectivity index (χ4n) is 3.20. The first-order chi connectivity index (χ1) is 15.5. The third-order valence-electron chi connectivity index (χ3n) is 4.72. The van der Waals surface area contributed by atoms with E-state index in [2.05, 4.69) is 5.32 Å². The van der Waals surface area contributed by atoms with Crippen molar-refractivity contribution in [3.05, 3.63) is 80.7 Å². The zero-order valence-electron chi connectivity index (χ0n) is 16.9. The van der Waals surface area contributed by atoms with Gasteiger partial charge in [0.05, 0.1) is 11.5 Å². The minimum atomic E-state index is -0.592. The smallest absolute Gasteiger partial charge is 0.341 e. The minimum Gasteiger partial charge on any atom is -0.485 e. The molecule has 3 aromatic rings. The second-order valence-corrected chi connectivity index (χ2v) is 7.62. The maximum atomic E-state index is 12.7. The van der Waals surface area contributed by atoms with E-state index in [-0.39, 0.29) is 30.0 Å². The highest BCUT2D eigenvalue weighted by molar-refractivity contribution is 7.15. The number of thiophene rings is 1. The number of carbonyl (C=O) groups is 2. The lowest BCUT2D eigenvalue weighted by Crippen LogP contribution is -2.24. The fourth-order valence-corrected chi connectivity index (χ4v) is 4.18. The molecule has 0 spiro atoms. The largest absolute Gasteiger partial charge is 0.485 e. The average Bonchev–Trinajstić information content (AvgIpc) is 3.22. The number of ether oxygens (including phenoxy) is 3. The Bertz CT molecular complexity index is 1170. The molecule has 1 atom stereocenters. The van der Waals surface area contributed by atoms with Crippen molar-refractivity contribution in [2.45, 2.75) is 13.0 Å². The SMILES string of the molecule is CCOC(=O)c1c([C@H]2COc3ccccc3O2)csc1NC(=O)c1ccc([N+](=O)[O-])cc1. The first kappa shape index (κ1) is 21.3. The monoisotopic (exact) mass is 454 g/mol. The molecule has 32 heavy (non-hydrogen) atoms. The predicted octanol–water partition coefficient (Wildman–Crippen LogP) is 4.60. The quantitative estimate of drug-likeness (QED) is 0.329. The Labute approximate surface area is 186 Å². The Hall–Kier alpha value is -3.92. The van der Waals surface area contributed by atoms with Gasteiger partial charge in [-0.1, -0.05) is 12.1 Å². The molecule has 4 rings (SSSR count). The molecule has 0 bridgehead atoms. The molecule has 0 saturated carbocycles. The maximum absolute atomic E-state index is 12.7. The van der Waals surface area contributed by atoms with Crippen molar-refractivity contribution in [3.8, 4) is 11.5 Å². The van der Waals surface area contributed by atoms with Crippen molar-refractivity contribution in [2.24, 2.45) is 0 Å². The highest BCUT2D eigenvalue weighted by atomic mass is 32.1. The van der Waals surface area contributed by atoms with E-state index in [4.69, 9.17) is 14.2 Å². The molecule has 1 aromatic heterocycles. The Morgan fingerprint density at radius 1 is 1.19 bits per heavy atom. The molecule has 2 aromatic carbocycles. The highest BCUT2D eigenvalue weighted by Crippen LogP contribution is 2.40. The van der Waals surface area contributed by atoms with Gasteiger partial charge >= 0.3 is 5.97 Å². The van der Waals surface area contributed by atoms with Gasteiger partial charge in [0.25, 0.3) is 11.6 Å². The lowest BCUT2D eigenvalue weighted by molar-refractivity contribution is -0.384. The number of esters is 1. The van der Waals surface area contributed by atoms with Crippen LogP contribution in [0.3, 0.4) is 0 Å². The summed E-state index contributed by atoms with van der Waals surface area (Å²) in [5.74, 6) is 0.0693. The van der Waals surface area contributed by atoms with Gasteiger partial charge in [0.1, 0.15) is 17.2 Å². The average molecular weight is 454 g/mol. The first-order valence-electron chi connectivity index (χ1n) is 9.70. The number of hydrogen-bond donors (Lipinski definition) is 1. The molecule has 9 nitrogen and oxygen atoms in total. The predicted molar refractivity (Wildman–Crippen MR) is 117 cm³/mol. The van der Waals surface area contributed by atoms with E-state index in [0.29, 0.717) is 22.1 Å². The Morgan fingerprint density at radius 3 is 2.59 bits per heavy atom. The van der Waals surface area contributed by atoms with Crippen LogP contribution in [0.25, 0.3) is 0 Å². The van der Waals surface area contributed by atoms with Crippen LogP contribution in [0.1, 0.15) is 39.3 Å². The lowest BCUT2D eigenvalue weighted by Gasteiger charge is -2.26. The second-order valence-electron chi connectivity index (χ2n) is 6.74. The lowest BCUT2D eigenvalue weighted by atomic mass is 10.1. The summed E-state index contributed by atoms with van der Waals surface area (Å²) in [5.41, 5.74) is 0.829. The Morgan fingerprint density at radius 2 is 1.91 bits per heavy atom. The number of amides is 1. The van der Waals surface area contributed by atoms with Crippen LogP contribution in [-0.2, 0) is 4.74 Å². The third-order valence-corrected chi connectivity index (χ3v) is 5.64. The summed E-state index contributed by atoms with van der Waals surface area (Å²) in [5, 5.41) is 15.5. The van der Waals surface area contributed by atoms with E-state index in [0.717, 1.165) is 11.3 Å². The summed E-state index contributed by atoms with van der Waals surface area (Å²) in [7, 11) is 0. The second kappa shape index (κ2) is 9.06. The highest BCUT2D eigenvalue weighted by Gasteiger charge is 2.31. The summed E-state index contributed by atoms with van der Waals surface area (Å²) < 4.78 is 17.0. The number of fused-ring (bicyclic) bond motifs is 1. The van der Waals surface area contributed by atoms with Gasteiger partial charge in [0.2, 0.25) is 0 Å². The van der Waals surface area contributed by atoms with E-state index >= 15 is 0 Å². The molecule has 1 aliphatic rings. The van der Waals surface area contributed by atoms with Crippen LogP contribution in [0.15, 0.2) is 53.9 Å². The Kier molecular flexibility index (Phi) is 6.04. The van der Waals surface area contributed by atoms with Crippen molar-refractivity contribution in [1.82, 2.24) is 0 Å². The van der Waals surface area contributed by atoms with Crippen LogP contribution in [0.2, 0.25) is 0 Å². The maximum Gasteiger partial charge on any atom is 0.341 e. The van der Waals surface area contributed by atoms with Gasteiger partial charge in [0.15, 0.2) is 17.6 Å². The van der Waals surface area contributed by atoms with Gasteiger partial charge < -0.3 is 19.5 Å². The molecule has 164 valence electrons. The van der Waals surface area contributed by atoms with E-state index < -0.39 is 22.9 Å². The molecule has 0 aliphatic carbocycles. The topological polar surface area (TPSA) is 117 Å². The van der Waals surface area contributed by atoms with Crippen LogP contribution in [0, 0.1) is 10.1 Å². The van der Waals surface area contributed by atoms with Crippen molar-refractivity contribution >= 4 is 33.9 Å². The molecule has 10 heteroatoms. The van der Waals surface area contributed by atoms with E-state index in [1.807, 2.05) is 12.1 Å². The van der Waals surface area contributed by atoms with Gasteiger partial charge in [-0.2, -0.15) is 0 Å². The summed E-state index contributed by atoms with van der Waals surface area (Å²) in [6.45, 7) is 2.04. The zero-order chi connectivity index (χ0) is 22.7. The van der Waals surface area contributed by atoms with Gasteiger partial charge in [-0.05, 0) is 31.2 Å². The summed E-state index contributed by atoms with van der Waals surface area (Å²) in [6, 6.07) is 12.4.